The first-order valence-electron chi connectivity index (χ1n) is 8.96. The molecule has 0 bridgehead atoms. The summed E-state index contributed by atoms with van der Waals surface area (Å²) in [5.74, 6) is 0. The van der Waals surface area contributed by atoms with Crippen molar-refractivity contribution in [1.29, 1.82) is 0 Å². The van der Waals surface area contributed by atoms with Gasteiger partial charge in [-0.1, -0.05) is 72.3 Å². The maximum absolute atomic E-state index is 12.0. The molecule has 0 spiro atoms. The van der Waals surface area contributed by atoms with Gasteiger partial charge in [-0.15, -0.1) is 0 Å². The third-order valence-corrected chi connectivity index (χ3v) is 4.42. The maximum Gasteiger partial charge on any atom is 0.413 e. The number of amides is 1. The Balaban J connectivity index is 1.56. The van der Waals surface area contributed by atoms with E-state index in [1.54, 1.807) is 12.1 Å². The molecule has 0 aliphatic rings. The fraction of sp³-hybridized carbons (Fsp3) is 0.0909. The van der Waals surface area contributed by atoms with Crippen molar-refractivity contribution >= 4 is 46.4 Å². The Hall–Kier alpha value is -3.09. The molecule has 148 valence electrons. The molecular weight excluding hydrogens is 406 g/mol. The van der Waals surface area contributed by atoms with Crippen LogP contribution >= 0.6 is 23.8 Å². The summed E-state index contributed by atoms with van der Waals surface area (Å²) >= 11 is 11.3. The maximum atomic E-state index is 12.0. The number of ether oxygens (including phenoxy) is 1. The van der Waals surface area contributed by atoms with E-state index in [0.717, 1.165) is 16.8 Å². The smallest absolute Gasteiger partial charge is 0.413 e. The first-order valence-corrected chi connectivity index (χ1v) is 9.75. The molecule has 0 saturated carbocycles. The van der Waals surface area contributed by atoms with Crippen LogP contribution in [0, 0.1) is 0 Å². The normalized spacial score (nSPS) is 10.1. The Morgan fingerprint density at radius 1 is 0.897 bits per heavy atom. The van der Waals surface area contributed by atoms with Crippen molar-refractivity contribution < 1.29 is 9.53 Å². The Morgan fingerprint density at radius 3 is 2.24 bits per heavy atom. The van der Waals surface area contributed by atoms with Crippen LogP contribution in [0.1, 0.15) is 11.1 Å². The Labute approximate surface area is 180 Å². The highest BCUT2D eigenvalue weighted by molar-refractivity contribution is 7.80. The van der Waals surface area contributed by atoms with E-state index in [0.29, 0.717) is 17.3 Å². The van der Waals surface area contributed by atoms with Crippen molar-refractivity contribution in [3.63, 3.8) is 0 Å². The van der Waals surface area contributed by atoms with Crippen LogP contribution in [0.3, 0.4) is 0 Å². The number of carbonyl (C=O) groups excluding carboxylic acids is 1. The van der Waals surface area contributed by atoms with Crippen molar-refractivity contribution in [3.8, 4) is 0 Å². The van der Waals surface area contributed by atoms with Crippen molar-refractivity contribution in [2.24, 2.45) is 0 Å². The fourth-order valence-electron chi connectivity index (χ4n) is 2.57. The molecule has 0 saturated heterocycles. The van der Waals surface area contributed by atoms with Crippen LogP contribution in [0.15, 0.2) is 78.9 Å². The van der Waals surface area contributed by atoms with Crippen molar-refractivity contribution in [2.45, 2.75) is 13.2 Å². The molecule has 5 nitrogen and oxygen atoms in total. The van der Waals surface area contributed by atoms with Crippen LogP contribution in [0.25, 0.3) is 0 Å². The molecule has 0 radical (unpaired) electrons. The van der Waals surface area contributed by atoms with E-state index in [2.05, 4.69) is 16.0 Å². The van der Waals surface area contributed by atoms with E-state index in [1.165, 1.54) is 0 Å². The van der Waals surface area contributed by atoms with Gasteiger partial charge in [0, 0.05) is 11.6 Å². The van der Waals surface area contributed by atoms with Crippen LogP contribution in [0.2, 0.25) is 5.02 Å². The van der Waals surface area contributed by atoms with E-state index in [4.69, 9.17) is 28.6 Å². The van der Waals surface area contributed by atoms with Crippen LogP contribution in [-0.2, 0) is 17.9 Å². The van der Waals surface area contributed by atoms with Gasteiger partial charge >= 0.3 is 6.09 Å². The topological polar surface area (TPSA) is 62.4 Å². The van der Waals surface area contributed by atoms with Gasteiger partial charge in [0.05, 0.1) is 11.4 Å². The summed E-state index contributed by atoms with van der Waals surface area (Å²) in [6.45, 7) is 0.798. The van der Waals surface area contributed by atoms with Gasteiger partial charge in [0.1, 0.15) is 6.61 Å². The minimum absolute atomic E-state index is 0.119. The quantitative estimate of drug-likeness (QED) is 0.450. The van der Waals surface area contributed by atoms with Crippen molar-refractivity contribution in [3.05, 3.63) is 95.0 Å². The van der Waals surface area contributed by atoms with E-state index in [-0.39, 0.29) is 11.7 Å². The molecule has 0 aromatic heterocycles. The number of alkyl carbamates (subject to hydrolysis) is 1. The standard InChI is InChI=1S/C22H20ClN3O2S/c23-18-11-12-19(24-14-16-7-3-1-4-8-16)20(13-18)25-21(29)26-22(27)28-15-17-9-5-2-6-10-17/h1-13,24H,14-15H2,(H2,25,26,27,29). The zero-order valence-electron chi connectivity index (χ0n) is 15.5. The van der Waals surface area contributed by atoms with E-state index < -0.39 is 6.09 Å². The predicted molar refractivity (Wildman–Crippen MR) is 121 cm³/mol. The van der Waals surface area contributed by atoms with E-state index in [1.807, 2.05) is 66.7 Å². The Kier molecular flexibility index (Phi) is 7.44. The summed E-state index contributed by atoms with van der Waals surface area (Å²) < 4.78 is 5.18. The molecule has 3 N–H and O–H groups in total. The number of hydrogen-bond donors (Lipinski definition) is 3. The predicted octanol–water partition coefficient (Wildman–Crippen LogP) is 5.58. The highest BCUT2D eigenvalue weighted by atomic mass is 35.5. The van der Waals surface area contributed by atoms with Gasteiger partial charge in [-0.3, -0.25) is 5.32 Å². The average Bonchev–Trinajstić information content (AvgIpc) is 2.73. The molecule has 0 fully saturated rings. The number of halogens is 1. The molecule has 1 amide bonds. The number of hydrogen-bond acceptors (Lipinski definition) is 4. The SMILES string of the molecule is O=C(NC(=S)Nc1cc(Cl)ccc1NCc1ccccc1)OCc1ccccc1. The van der Waals surface area contributed by atoms with E-state index in [9.17, 15) is 4.79 Å². The number of thiocarbonyl (C=S) groups is 1. The van der Waals surface area contributed by atoms with Crippen LogP contribution in [0.4, 0.5) is 16.2 Å². The number of rotatable bonds is 6. The molecule has 7 heteroatoms. The number of carbonyl (C=O) groups is 1. The van der Waals surface area contributed by atoms with Crippen molar-refractivity contribution in [2.75, 3.05) is 10.6 Å². The third-order valence-electron chi connectivity index (χ3n) is 3.98. The first-order chi connectivity index (χ1) is 14.1. The van der Waals surface area contributed by atoms with Gasteiger partial charge in [-0.2, -0.15) is 0 Å². The third kappa shape index (κ3) is 6.78. The highest BCUT2D eigenvalue weighted by Crippen LogP contribution is 2.26. The highest BCUT2D eigenvalue weighted by Gasteiger charge is 2.09. The lowest BCUT2D eigenvalue weighted by molar-refractivity contribution is 0.145. The Bertz CT molecular complexity index is 968. The minimum Gasteiger partial charge on any atom is -0.444 e. The lowest BCUT2D eigenvalue weighted by Crippen LogP contribution is -2.34. The monoisotopic (exact) mass is 425 g/mol. The summed E-state index contributed by atoms with van der Waals surface area (Å²) in [5, 5.41) is 9.50. The van der Waals surface area contributed by atoms with Gasteiger partial charge in [0.15, 0.2) is 5.11 Å². The number of nitrogens with one attached hydrogen (secondary N) is 3. The van der Waals surface area contributed by atoms with Gasteiger partial charge in [0.25, 0.3) is 0 Å². The molecule has 0 unspecified atom stereocenters. The summed E-state index contributed by atoms with van der Waals surface area (Å²) in [5.41, 5.74) is 3.49. The number of benzene rings is 3. The second kappa shape index (κ2) is 10.5. The molecule has 29 heavy (non-hydrogen) atoms. The summed E-state index contributed by atoms with van der Waals surface area (Å²) in [6, 6.07) is 24.8. The average molecular weight is 426 g/mol. The second-order valence-electron chi connectivity index (χ2n) is 6.17. The molecule has 3 rings (SSSR count). The number of anilines is 2. The van der Waals surface area contributed by atoms with Gasteiger partial charge < -0.3 is 15.4 Å². The van der Waals surface area contributed by atoms with E-state index >= 15 is 0 Å². The molecular formula is C22H20ClN3O2S. The molecule has 3 aromatic carbocycles. The lowest BCUT2D eigenvalue weighted by atomic mass is 10.2. The molecule has 0 aliphatic heterocycles. The zero-order chi connectivity index (χ0) is 20.5. The van der Waals surface area contributed by atoms with Gasteiger partial charge in [-0.25, -0.2) is 4.79 Å². The van der Waals surface area contributed by atoms with Gasteiger partial charge in [-0.05, 0) is 41.5 Å². The Morgan fingerprint density at radius 2 is 1.55 bits per heavy atom. The van der Waals surface area contributed by atoms with Crippen LogP contribution in [-0.4, -0.2) is 11.2 Å². The minimum atomic E-state index is -0.632. The van der Waals surface area contributed by atoms with Crippen LogP contribution < -0.4 is 16.0 Å². The first kappa shape index (κ1) is 20.6. The van der Waals surface area contributed by atoms with Crippen LogP contribution in [0.5, 0.6) is 0 Å². The summed E-state index contributed by atoms with van der Waals surface area (Å²) in [4.78, 5) is 12.0. The second-order valence-corrected chi connectivity index (χ2v) is 7.01. The summed E-state index contributed by atoms with van der Waals surface area (Å²) in [6.07, 6.45) is -0.632. The molecule has 0 aliphatic carbocycles. The lowest BCUT2D eigenvalue weighted by Gasteiger charge is -2.15. The van der Waals surface area contributed by atoms with Gasteiger partial charge in [0.2, 0.25) is 0 Å². The van der Waals surface area contributed by atoms with Crippen molar-refractivity contribution in [1.82, 2.24) is 5.32 Å². The summed E-state index contributed by atoms with van der Waals surface area (Å²) in [7, 11) is 0. The fourth-order valence-corrected chi connectivity index (χ4v) is 2.94. The molecule has 0 heterocycles. The largest absolute Gasteiger partial charge is 0.444 e. The zero-order valence-corrected chi connectivity index (χ0v) is 17.1. The molecule has 0 atom stereocenters. The molecule has 3 aromatic rings.